The number of rotatable bonds is 3. The smallest absolute Gasteiger partial charge is 0.410 e. The number of carbonyl (C=O) groups is 3. The van der Waals surface area contributed by atoms with Crippen LogP contribution in [0.1, 0.15) is 38.1 Å². The van der Waals surface area contributed by atoms with Gasteiger partial charge in [-0.2, -0.15) is 0 Å². The van der Waals surface area contributed by atoms with Crippen LogP contribution in [0.4, 0.5) is 10.5 Å². The molecule has 0 saturated carbocycles. The van der Waals surface area contributed by atoms with Crippen molar-refractivity contribution >= 4 is 35.2 Å². The van der Waals surface area contributed by atoms with E-state index in [1.54, 1.807) is 26.8 Å². The van der Waals surface area contributed by atoms with E-state index in [0.29, 0.717) is 49.9 Å². The fourth-order valence-corrected chi connectivity index (χ4v) is 3.72. The highest BCUT2D eigenvalue weighted by molar-refractivity contribution is 6.34. The average Bonchev–Trinajstić information content (AvgIpc) is 2.62. The highest BCUT2D eigenvalue weighted by Gasteiger charge is 2.33. The van der Waals surface area contributed by atoms with E-state index < -0.39 is 5.60 Å². The maximum atomic E-state index is 12.8. The molecule has 3 rings (SSSR count). The molecule has 8 nitrogen and oxygen atoms in total. The molecular weight excluding hydrogens is 408 g/mol. The molecule has 2 saturated heterocycles. The Bertz CT molecular complexity index is 825. The highest BCUT2D eigenvalue weighted by Crippen LogP contribution is 2.25. The van der Waals surface area contributed by atoms with Crippen LogP contribution >= 0.6 is 11.6 Å². The lowest BCUT2D eigenvalue weighted by atomic mass is 10.1. The van der Waals surface area contributed by atoms with Crippen LogP contribution in [0.2, 0.25) is 5.02 Å². The van der Waals surface area contributed by atoms with Crippen LogP contribution in [0.5, 0.6) is 0 Å². The molecule has 0 spiro atoms. The normalized spacial score (nSPS) is 17.4. The van der Waals surface area contributed by atoms with Crippen molar-refractivity contribution in [3.8, 4) is 0 Å². The first kappa shape index (κ1) is 22.2. The minimum Gasteiger partial charge on any atom is -0.444 e. The zero-order valence-corrected chi connectivity index (χ0v) is 18.7. The Hall–Kier alpha value is -2.48. The fourth-order valence-electron chi connectivity index (χ4n) is 3.45. The molecule has 164 valence electrons. The number of hydrogen-bond acceptors (Lipinski definition) is 5. The molecule has 1 aromatic carbocycles. The molecule has 2 heterocycles. The molecule has 30 heavy (non-hydrogen) atoms. The second kappa shape index (κ2) is 8.71. The van der Waals surface area contributed by atoms with Crippen molar-refractivity contribution in [2.75, 3.05) is 44.6 Å². The van der Waals surface area contributed by atoms with Gasteiger partial charge in [-0.3, -0.25) is 9.59 Å². The molecular formula is C21H29ClN4O4. The highest BCUT2D eigenvalue weighted by atomic mass is 35.5. The van der Waals surface area contributed by atoms with Gasteiger partial charge in [-0.15, -0.1) is 0 Å². The summed E-state index contributed by atoms with van der Waals surface area (Å²) in [5.41, 5.74) is 0.735. The van der Waals surface area contributed by atoms with Crippen molar-refractivity contribution in [3.63, 3.8) is 0 Å². The quantitative estimate of drug-likeness (QED) is 0.787. The molecule has 1 aromatic rings. The lowest BCUT2D eigenvalue weighted by Gasteiger charge is -2.40. The fraction of sp³-hybridized carbons (Fsp3) is 0.571. The van der Waals surface area contributed by atoms with E-state index in [9.17, 15) is 14.4 Å². The van der Waals surface area contributed by atoms with Gasteiger partial charge in [-0.25, -0.2) is 4.79 Å². The van der Waals surface area contributed by atoms with Crippen LogP contribution in [0, 0.1) is 0 Å². The first-order valence-corrected chi connectivity index (χ1v) is 10.5. The van der Waals surface area contributed by atoms with E-state index in [0.717, 1.165) is 5.69 Å². The molecule has 2 fully saturated rings. The summed E-state index contributed by atoms with van der Waals surface area (Å²) in [5, 5.41) is 3.71. The number of piperazine rings is 1. The Morgan fingerprint density at radius 2 is 1.63 bits per heavy atom. The van der Waals surface area contributed by atoms with Crippen LogP contribution in [-0.4, -0.2) is 83.5 Å². The van der Waals surface area contributed by atoms with Crippen molar-refractivity contribution < 1.29 is 19.1 Å². The monoisotopic (exact) mass is 436 g/mol. The van der Waals surface area contributed by atoms with Gasteiger partial charge in [0.05, 0.1) is 16.6 Å². The first-order valence-electron chi connectivity index (χ1n) is 10.1. The molecule has 2 aliphatic heterocycles. The van der Waals surface area contributed by atoms with Gasteiger partial charge in [0, 0.05) is 51.9 Å². The van der Waals surface area contributed by atoms with Crippen LogP contribution < -0.4 is 5.32 Å². The Labute approximate surface area is 182 Å². The van der Waals surface area contributed by atoms with Crippen LogP contribution in [0.15, 0.2) is 18.2 Å². The summed E-state index contributed by atoms with van der Waals surface area (Å²) in [5.74, 6) is -0.105. The number of ether oxygens (including phenoxy) is 1. The van der Waals surface area contributed by atoms with E-state index in [4.69, 9.17) is 16.3 Å². The predicted molar refractivity (Wildman–Crippen MR) is 115 cm³/mol. The Morgan fingerprint density at radius 3 is 2.17 bits per heavy atom. The number of carbonyl (C=O) groups excluding carboxylic acids is 3. The summed E-state index contributed by atoms with van der Waals surface area (Å²) in [6.07, 6.45) is -0.315. The summed E-state index contributed by atoms with van der Waals surface area (Å²) in [6.45, 7) is 10.2. The molecule has 0 unspecified atom stereocenters. The largest absolute Gasteiger partial charge is 0.444 e. The molecule has 3 amide bonds. The van der Waals surface area contributed by atoms with E-state index in [1.807, 2.05) is 26.8 Å². The van der Waals surface area contributed by atoms with E-state index >= 15 is 0 Å². The summed E-state index contributed by atoms with van der Waals surface area (Å²) in [4.78, 5) is 41.3. The molecule has 0 bridgehead atoms. The van der Waals surface area contributed by atoms with Gasteiger partial charge in [0.1, 0.15) is 5.60 Å². The minimum absolute atomic E-state index is 0.0248. The van der Waals surface area contributed by atoms with E-state index in [1.165, 1.54) is 6.92 Å². The van der Waals surface area contributed by atoms with Crippen LogP contribution in [0.25, 0.3) is 0 Å². The molecule has 0 aliphatic carbocycles. The number of benzene rings is 1. The number of likely N-dealkylation sites (tertiary alicyclic amines) is 1. The summed E-state index contributed by atoms with van der Waals surface area (Å²) >= 11 is 6.38. The summed E-state index contributed by atoms with van der Waals surface area (Å²) in [6, 6.07) is 5.38. The van der Waals surface area contributed by atoms with E-state index in [-0.39, 0.29) is 23.9 Å². The summed E-state index contributed by atoms with van der Waals surface area (Å²) in [7, 11) is 0. The van der Waals surface area contributed by atoms with Crippen molar-refractivity contribution in [1.29, 1.82) is 0 Å². The topological polar surface area (TPSA) is 82.2 Å². The maximum Gasteiger partial charge on any atom is 0.410 e. The Balaban J connectivity index is 1.52. The number of amides is 3. The van der Waals surface area contributed by atoms with Gasteiger partial charge < -0.3 is 24.8 Å². The van der Waals surface area contributed by atoms with Gasteiger partial charge in [0.15, 0.2) is 0 Å². The van der Waals surface area contributed by atoms with Crippen LogP contribution in [-0.2, 0) is 9.53 Å². The van der Waals surface area contributed by atoms with Gasteiger partial charge in [-0.1, -0.05) is 11.6 Å². The maximum absolute atomic E-state index is 12.8. The van der Waals surface area contributed by atoms with Gasteiger partial charge >= 0.3 is 6.09 Å². The molecule has 2 aliphatic rings. The second-order valence-corrected chi connectivity index (χ2v) is 9.13. The van der Waals surface area contributed by atoms with Crippen molar-refractivity contribution in [2.24, 2.45) is 0 Å². The molecule has 1 N–H and O–H groups in total. The van der Waals surface area contributed by atoms with Gasteiger partial charge in [0.25, 0.3) is 5.91 Å². The minimum atomic E-state index is -0.510. The second-order valence-electron chi connectivity index (χ2n) is 8.72. The van der Waals surface area contributed by atoms with E-state index in [2.05, 4.69) is 5.32 Å². The third-order valence-electron chi connectivity index (χ3n) is 5.12. The predicted octanol–water partition coefficient (Wildman–Crippen LogP) is 2.68. The average molecular weight is 437 g/mol. The van der Waals surface area contributed by atoms with Crippen molar-refractivity contribution in [1.82, 2.24) is 14.7 Å². The number of anilines is 1. The van der Waals surface area contributed by atoms with Crippen molar-refractivity contribution in [2.45, 2.75) is 39.3 Å². The molecule has 9 heteroatoms. The third kappa shape index (κ3) is 5.36. The van der Waals surface area contributed by atoms with Crippen LogP contribution in [0.3, 0.4) is 0 Å². The lowest BCUT2D eigenvalue weighted by Crippen LogP contribution is -2.57. The number of halogens is 1. The lowest BCUT2D eigenvalue weighted by molar-refractivity contribution is -0.130. The van der Waals surface area contributed by atoms with Gasteiger partial charge in [-0.05, 0) is 39.0 Å². The SMILES string of the molecule is CC(=O)N1CCN(C(=O)c2ccc(NC3CN(C(=O)OC(C)(C)C)C3)cc2Cl)CC1. The first-order chi connectivity index (χ1) is 14.0. The molecule has 0 aromatic heterocycles. The number of nitrogens with zero attached hydrogens (tertiary/aromatic N) is 3. The summed E-state index contributed by atoms with van der Waals surface area (Å²) < 4.78 is 5.35. The zero-order valence-electron chi connectivity index (χ0n) is 17.9. The number of nitrogens with one attached hydrogen (secondary N) is 1. The number of hydrogen-bond donors (Lipinski definition) is 1. The molecule has 0 atom stereocenters. The standard InChI is InChI=1S/C21H29ClN4O4/c1-14(27)24-7-9-25(10-8-24)19(28)17-6-5-15(11-18(17)22)23-16-12-26(13-16)20(29)30-21(2,3)4/h5-6,11,16,23H,7-10,12-13H2,1-4H3. The zero-order chi connectivity index (χ0) is 22.1. The third-order valence-corrected chi connectivity index (χ3v) is 5.43. The van der Waals surface area contributed by atoms with Gasteiger partial charge in [0.2, 0.25) is 5.91 Å². The Kier molecular flexibility index (Phi) is 6.45. The Morgan fingerprint density at radius 1 is 1.03 bits per heavy atom. The molecule has 0 radical (unpaired) electrons. The van der Waals surface area contributed by atoms with Crippen molar-refractivity contribution in [3.05, 3.63) is 28.8 Å².